The quantitative estimate of drug-likeness (QED) is 0.129. The Labute approximate surface area is 201 Å². The minimum Gasteiger partial charge on any atom is -0.396 e. The molecule has 1 saturated carbocycles. The van der Waals surface area contributed by atoms with Gasteiger partial charge in [0.25, 0.3) is 5.56 Å². The summed E-state index contributed by atoms with van der Waals surface area (Å²) in [7, 11) is -10.9. The second-order valence-corrected chi connectivity index (χ2v) is 11.2. The molecule has 2 heterocycles. The van der Waals surface area contributed by atoms with Gasteiger partial charge in [-0.2, -0.15) is 4.31 Å². The maximum atomic E-state index is 12.2. The lowest BCUT2D eigenvalue weighted by Crippen LogP contribution is -2.54. The Morgan fingerprint density at radius 2 is 1.67 bits per heavy atom. The van der Waals surface area contributed by atoms with Crippen LogP contribution in [0.1, 0.15) is 12.6 Å². The summed E-state index contributed by atoms with van der Waals surface area (Å²) in [5.41, 5.74) is -1.72. The minimum atomic E-state index is -5.47. The molecule has 0 aromatic carbocycles. The summed E-state index contributed by atoms with van der Waals surface area (Å²) in [5.74, 6) is -1.05. The molecule has 11 atom stereocenters. The van der Waals surface area contributed by atoms with Crippen molar-refractivity contribution in [3.8, 4) is 0 Å². The number of aliphatic hydroxyl groups is 6. The monoisotopic (exact) mass is 564 g/mol. The first-order valence-corrected chi connectivity index (χ1v) is 13.3. The maximum Gasteiger partial charge on any atom is 0.481 e. The number of aromatic nitrogens is 2. The van der Waals surface area contributed by atoms with Crippen LogP contribution in [-0.2, 0) is 27.2 Å². The molecule has 3 rings (SSSR count). The Kier molecular flexibility index (Phi) is 9.08. The Hall–Kier alpha value is -1.34. The van der Waals surface area contributed by atoms with Gasteiger partial charge >= 0.3 is 21.3 Å². The van der Waals surface area contributed by atoms with E-state index in [0.29, 0.717) is 0 Å². The summed E-state index contributed by atoms with van der Waals surface area (Å²) < 4.78 is 43.7. The minimum absolute atomic E-state index is 0.425. The van der Waals surface area contributed by atoms with Crippen LogP contribution in [0.25, 0.3) is 0 Å². The molecule has 206 valence electrons. The van der Waals surface area contributed by atoms with Gasteiger partial charge in [0.1, 0.15) is 30.5 Å². The van der Waals surface area contributed by atoms with Crippen molar-refractivity contribution in [3.63, 3.8) is 0 Å². The van der Waals surface area contributed by atoms with Crippen LogP contribution in [0.5, 0.6) is 0 Å². The molecule has 1 aromatic heterocycles. The fourth-order valence-corrected chi connectivity index (χ4v) is 6.08. The van der Waals surface area contributed by atoms with Gasteiger partial charge in [0.15, 0.2) is 6.23 Å². The second kappa shape index (κ2) is 11.2. The van der Waals surface area contributed by atoms with Gasteiger partial charge < -0.3 is 45.2 Å². The highest BCUT2D eigenvalue weighted by Crippen LogP contribution is 2.61. The number of hydrogen-bond donors (Lipinski definition) is 9. The highest BCUT2D eigenvalue weighted by molar-refractivity contribution is 7.61. The van der Waals surface area contributed by atoms with E-state index in [2.05, 4.69) is 13.4 Å². The van der Waals surface area contributed by atoms with Gasteiger partial charge in [0, 0.05) is 24.8 Å². The largest absolute Gasteiger partial charge is 0.481 e. The number of nitrogens with zero attached hydrogens (tertiary/aromatic N) is 1. The molecule has 2 unspecified atom stereocenters. The molecule has 0 amide bonds. The summed E-state index contributed by atoms with van der Waals surface area (Å²) in [6.45, 7) is -1.67. The molecule has 20 heteroatoms. The molecular formula is C16H26N2O16P2. The smallest absolute Gasteiger partial charge is 0.396 e. The van der Waals surface area contributed by atoms with E-state index < -0.39 is 101 Å². The van der Waals surface area contributed by atoms with E-state index in [-0.39, 0.29) is 0 Å². The zero-order valence-electron chi connectivity index (χ0n) is 18.2. The number of hydrogen-bond acceptors (Lipinski definition) is 14. The van der Waals surface area contributed by atoms with Crippen LogP contribution >= 0.6 is 15.6 Å². The van der Waals surface area contributed by atoms with Gasteiger partial charge in [0.2, 0.25) is 0 Å². The van der Waals surface area contributed by atoms with Gasteiger partial charge in [-0.05, 0) is 6.42 Å². The zero-order valence-corrected chi connectivity index (χ0v) is 19.9. The Bertz CT molecular complexity index is 1120. The first kappa shape index (κ1) is 29.2. The molecule has 9 N–H and O–H groups in total. The molecule has 1 saturated heterocycles. The highest BCUT2D eigenvalue weighted by Gasteiger charge is 2.49. The predicted molar refractivity (Wildman–Crippen MR) is 112 cm³/mol. The maximum absolute atomic E-state index is 12.2. The molecule has 18 nitrogen and oxygen atoms in total. The molecule has 2 aliphatic rings. The molecule has 1 aliphatic heterocycles. The van der Waals surface area contributed by atoms with E-state index in [9.17, 15) is 59.1 Å². The predicted octanol–water partition coefficient (Wildman–Crippen LogP) is -4.13. The first-order valence-electron chi connectivity index (χ1n) is 10.3. The number of phosphoric ester groups is 2. The standard InChI is InChI=1S/C16H26N2O16P2/c19-4-6-3-7(11(22)13(24)10(6)21)33-36(29,30)34-35(27,28)31-5-8-12(23)14(25)15(32-8)18-2-1-9(20)17-16(18)26/h1-2,6-8,10-15,19,21-25H,3-5H2,(H,27,28)(H,29,30)(H,17,20,26)/t6-,7+,8-,10+,11+,12-,13+,14-,15-/m1/s1. The van der Waals surface area contributed by atoms with Crippen LogP contribution in [0.3, 0.4) is 0 Å². The molecule has 36 heavy (non-hydrogen) atoms. The van der Waals surface area contributed by atoms with Crippen LogP contribution in [-0.4, -0.2) is 106 Å². The fourth-order valence-electron chi connectivity index (χ4n) is 3.80. The van der Waals surface area contributed by atoms with E-state index >= 15 is 0 Å². The van der Waals surface area contributed by atoms with Crippen molar-refractivity contribution in [1.29, 1.82) is 0 Å². The lowest BCUT2D eigenvalue weighted by Gasteiger charge is -2.39. The van der Waals surface area contributed by atoms with Crippen LogP contribution in [0, 0.1) is 5.92 Å². The van der Waals surface area contributed by atoms with Crippen molar-refractivity contribution in [3.05, 3.63) is 33.1 Å². The average molecular weight is 564 g/mol. The summed E-state index contributed by atoms with van der Waals surface area (Å²) in [6, 6.07) is 0.938. The highest BCUT2D eigenvalue weighted by atomic mass is 31.3. The SMILES string of the molecule is O=c1ccn([C@@H]2O[C@H](COP(=O)(O)OP(=O)(O)O[C@H]3C[C@H](CO)[C@H](O)[C@H](O)[C@H]3O)[C@@H](O)[C@H]2O)c(=O)[nH]1. The number of aromatic amines is 1. The molecular weight excluding hydrogens is 538 g/mol. The van der Waals surface area contributed by atoms with E-state index in [4.69, 9.17) is 4.74 Å². The van der Waals surface area contributed by atoms with Gasteiger partial charge in [0.05, 0.1) is 18.8 Å². The summed E-state index contributed by atoms with van der Waals surface area (Å²) in [6.07, 6.45) is -13.1. The van der Waals surface area contributed by atoms with Gasteiger partial charge in [-0.3, -0.25) is 23.4 Å². The number of phosphoric acid groups is 2. The summed E-state index contributed by atoms with van der Waals surface area (Å²) in [5, 5.41) is 59.0. The van der Waals surface area contributed by atoms with Crippen molar-refractivity contribution in [2.75, 3.05) is 13.2 Å². The molecule has 0 bridgehead atoms. The fraction of sp³-hybridized carbons (Fsp3) is 0.750. The molecule has 1 aromatic rings. The summed E-state index contributed by atoms with van der Waals surface area (Å²) in [4.78, 5) is 44.7. The van der Waals surface area contributed by atoms with Crippen LogP contribution in [0.15, 0.2) is 21.9 Å². The molecule has 0 spiro atoms. The topological polar surface area (TPSA) is 288 Å². The lowest BCUT2D eigenvalue weighted by molar-refractivity contribution is -0.160. The molecule has 0 radical (unpaired) electrons. The molecule has 2 fully saturated rings. The average Bonchev–Trinajstić information content (AvgIpc) is 3.06. The third kappa shape index (κ3) is 6.56. The lowest BCUT2D eigenvalue weighted by atomic mass is 9.81. The van der Waals surface area contributed by atoms with Crippen molar-refractivity contribution in [1.82, 2.24) is 9.55 Å². The first-order chi connectivity index (χ1) is 16.7. The number of ether oxygens (including phenoxy) is 1. The normalized spacial score (nSPS) is 38.4. The third-order valence-electron chi connectivity index (χ3n) is 5.67. The third-order valence-corrected chi connectivity index (χ3v) is 8.34. The van der Waals surface area contributed by atoms with Gasteiger partial charge in [-0.1, -0.05) is 0 Å². The Balaban J connectivity index is 1.61. The van der Waals surface area contributed by atoms with Crippen LogP contribution < -0.4 is 11.2 Å². The Morgan fingerprint density at radius 3 is 2.28 bits per heavy atom. The van der Waals surface area contributed by atoms with Crippen LogP contribution in [0.4, 0.5) is 0 Å². The van der Waals surface area contributed by atoms with E-state index in [0.717, 1.165) is 16.8 Å². The van der Waals surface area contributed by atoms with Crippen molar-refractivity contribution < 1.29 is 67.7 Å². The molecule has 1 aliphatic carbocycles. The number of rotatable bonds is 9. The Morgan fingerprint density at radius 1 is 1.00 bits per heavy atom. The van der Waals surface area contributed by atoms with E-state index in [1.807, 2.05) is 4.98 Å². The number of H-pyrrole nitrogens is 1. The summed E-state index contributed by atoms with van der Waals surface area (Å²) >= 11 is 0. The number of aliphatic hydroxyl groups excluding tert-OH is 6. The van der Waals surface area contributed by atoms with E-state index in [1.165, 1.54) is 0 Å². The van der Waals surface area contributed by atoms with E-state index in [1.54, 1.807) is 0 Å². The van der Waals surface area contributed by atoms with Crippen molar-refractivity contribution >= 4 is 15.6 Å². The van der Waals surface area contributed by atoms with Gasteiger partial charge in [-0.25, -0.2) is 13.9 Å². The van der Waals surface area contributed by atoms with Crippen LogP contribution in [0.2, 0.25) is 0 Å². The van der Waals surface area contributed by atoms with Crippen molar-refractivity contribution in [2.45, 2.75) is 55.4 Å². The second-order valence-electron chi connectivity index (χ2n) is 8.17. The number of nitrogens with one attached hydrogen (secondary N) is 1. The zero-order chi connectivity index (χ0) is 27.0. The van der Waals surface area contributed by atoms with Gasteiger partial charge in [-0.15, -0.1) is 0 Å². The van der Waals surface area contributed by atoms with Crippen molar-refractivity contribution in [2.24, 2.45) is 5.92 Å².